The number of benzene rings is 2. The summed E-state index contributed by atoms with van der Waals surface area (Å²) >= 11 is 0. The SMILES string of the molecule is CCc1cccc(CC)c1NC(=O)c1cccc2c1OC(C)C2C. The summed E-state index contributed by atoms with van der Waals surface area (Å²) in [4.78, 5) is 12.9. The summed E-state index contributed by atoms with van der Waals surface area (Å²) in [5.74, 6) is 0.952. The summed E-state index contributed by atoms with van der Waals surface area (Å²) in [7, 11) is 0. The van der Waals surface area contributed by atoms with Crippen molar-refractivity contribution in [3.05, 3.63) is 58.7 Å². The summed E-state index contributed by atoms with van der Waals surface area (Å²) in [6.45, 7) is 8.40. The molecule has 1 N–H and O–H groups in total. The molecule has 0 fully saturated rings. The Labute approximate surface area is 144 Å². The first-order chi connectivity index (χ1) is 11.6. The van der Waals surface area contributed by atoms with Gasteiger partial charge in [-0.3, -0.25) is 4.79 Å². The van der Waals surface area contributed by atoms with Gasteiger partial charge in [0.25, 0.3) is 5.91 Å². The summed E-state index contributed by atoms with van der Waals surface area (Å²) < 4.78 is 5.96. The highest BCUT2D eigenvalue weighted by atomic mass is 16.5. The predicted molar refractivity (Wildman–Crippen MR) is 98.1 cm³/mol. The van der Waals surface area contributed by atoms with Gasteiger partial charge in [-0.2, -0.15) is 0 Å². The van der Waals surface area contributed by atoms with Gasteiger partial charge in [0, 0.05) is 17.2 Å². The quantitative estimate of drug-likeness (QED) is 0.864. The number of hydrogen-bond acceptors (Lipinski definition) is 2. The number of ether oxygens (including phenoxy) is 1. The summed E-state index contributed by atoms with van der Waals surface area (Å²) in [5.41, 5.74) is 5.02. The van der Waals surface area contributed by atoms with Gasteiger partial charge >= 0.3 is 0 Å². The second-order valence-corrected chi connectivity index (χ2v) is 6.45. The first-order valence-corrected chi connectivity index (χ1v) is 8.78. The molecule has 0 bridgehead atoms. The fourth-order valence-corrected chi connectivity index (χ4v) is 3.35. The third-order valence-corrected chi connectivity index (χ3v) is 5.03. The van der Waals surface area contributed by atoms with E-state index in [-0.39, 0.29) is 12.0 Å². The van der Waals surface area contributed by atoms with Gasteiger partial charge in [0.05, 0.1) is 5.56 Å². The molecular formula is C21H25NO2. The lowest BCUT2D eigenvalue weighted by Crippen LogP contribution is -2.16. The Hall–Kier alpha value is -2.29. The van der Waals surface area contributed by atoms with Crippen molar-refractivity contribution in [2.24, 2.45) is 0 Å². The topological polar surface area (TPSA) is 38.3 Å². The molecule has 1 heterocycles. The van der Waals surface area contributed by atoms with E-state index < -0.39 is 0 Å². The largest absolute Gasteiger partial charge is 0.489 e. The minimum absolute atomic E-state index is 0.0937. The second kappa shape index (κ2) is 6.68. The molecule has 3 rings (SSSR count). The third-order valence-electron chi connectivity index (χ3n) is 5.03. The Balaban J connectivity index is 1.96. The van der Waals surface area contributed by atoms with Crippen LogP contribution in [0.15, 0.2) is 36.4 Å². The van der Waals surface area contributed by atoms with E-state index >= 15 is 0 Å². The molecule has 1 aliphatic heterocycles. The van der Waals surface area contributed by atoms with Crippen LogP contribution in [0, 0.1) is 0 Å². The Morgan fingerprint density at radius 2 is 1.67 bits per heavy atom. The van der Waals surface area contributed by atoms with E-state index in [1.807, 2.05) is 19.1 Å². The van der Waals surface area contributed by atoms with Gasteiger partial charge in [-0.05, 0) is 37.0 Å². The molecule has 0 saturated carbocycles. The zero-order chi connectivity index (χ0) is 17.3. The second-order valence-electron chi connectivity index (χ2n) is 6.45. The lowest BCUT2D eigenvalue weighted by atomic mass is 9.96. The van der Waals surface area contributed by atoms with E-state index in [9.17, 15) is 4.79 Å². The molecule has 1 amide bonds. The van der Waals surface area contributed by atoms with Gasteiger partial charge in [-0.15, -0.1) is 0 Å². The van der Waals surface area contributed by atoms with E-state index in [1.165, 1.54) is 0 Å². The van der Waals surface area contributed by atoms with Crippen LogP contribution < -0.4 is 10.1 Å². The number of para-hydroxylation sites is 2. The van der Waals surface area contributed by atoms with Gasteiger partial charge in [-0.25, -0.2) is 0 Å². The summed E-state index contributed by atoms with van der Waals surface area (Å²) in [6, 6.07) is 12.0. The van der Waals surface area contributed by atoms with E-state index in [0.717, 1.165) is 41.0 Å². The number of aryl methyl sites for hydroxylation is 2. The first kappa shape index (κ1) is 16.6. The number of carbonyl (C=O) groups excluding carboxylic acids is 1. The van der Waals surface area contributed by atoms with Crippen molar-refractivity contribution in [2.75, 3.05) is 5.32 Å². The van der Waals surface area contributed by atoms with Crippen molar-refractivity contribution in [1.82, 2.24) is 0 Å². The molecule has 2 aromatic rings. The third kappa shape index (κ3) is 2.79. The van der Waals surface area contributed by atoms with Crippen LogP contribution in [-0.4, -0.2) is 12.0 Å². The Kier molecular flexibility index (Phi) is 4.61. The van der Waals surface area contributed by atoms with Gasteiger partial charge in [0.15, 0.2) is 0 Å². The molecule has 126 valence electrons. The monoisotopic (exact) mass is 323 g/mol. The van der Waals surface area contributed by atoms with Gasteiger partial charge in [0.1, 0.15) is 11.9 Å². The van der Waals surface area contributed by atoms with Crippen molar-refractivity contribution in [1.29, 1.82) is 0 Å². The van der Waals surface area contributed by atoms with Crippen molar-refractivity contribution < 1.29 is 9.53 Å². The molecule has 0 saturated heterocycles. The summed E-state index contributed by atoms with van der Waals surface area (Å²) in [5, 5.41) is 3.14. The fourth-order valence-electron chi connectivity index (χ4n) is 3.35. The average molecular weight is 323 g/mol. The van der Waals surface area contributed by atoms with Gasteiger partial charge < -0.3 is 10.1 Å². The number of anilines is 1. The molecule has 0 aliphatic carbocycles. The highest BCUT2D eigenvalue weighted by molar-refractivity contribution is 6.07. The molecule has 3 heteroatoms. The zero-order valence-corrected chi connectivity index (χ0v) is 14.8. The number of amides is 1. The van der Waals surface area contributed by atoms with Crippen LogP contribution in [0.5, 0.6) is 5.75 Å². The van der Waals surface area contributed by atoms with Crippen LogP contribution in [0.25, 0.3) is 0 Å². The number of nitrogens with one attached hydrogen (secondary N) is 1. The Morgan fingerprint density at radius 3 is 2.29 bits per heavy atom. The maximum absolute atomic E-state index is 12.9. The van der Waals surface area contributed by atoms with Crippen LogP contribution in [0.1, 0.15) is 60.7 Å². The number of rotatable bonds is 4. The van der Waals surface area contributed by atoms with Crippen LogP contribution >= 0.6 is 0 Å². The highest BCUT2D eigenvalue weighted by Crippen LogP contribution is 2.40. The smallest absolute Gasteiger partial charge is 0.259 e. The molecule has 0 spiro atoms. The minimum Gasteiger partial charge on any atom is -0.489 e. The van der Waals surface area contributed by atoms with Crippen molar-refractivity contribution in [3.8, 4) is 5.75 Å². The summed E-state index contributed by atoms with van der Waals surface area (Å²) in [6.07, 6.45) is 1.88. The molecule has 24 heavy (non-hydrogen) atoms. The molecule has 0 radical (unpaired) electrons. The highest BCUT2D eigenvalue weighted by Gasteiger charge is 2.31. The van der Waals surface area contributed by atoms with E-state index in [4.69, 9.17) is 4.74 Å². The molecule has 2 aromatic carbocycles. The number of hydrogen-bond donors (Lipinski definition) is 1. The number of carbonyl (C=O) groups is 1. The lowest BCUT2D eigenvalue weighted by molar-refractivity contribution is 0.102. The maximum Gasteiger partial charge on any atom is 0.259 e. The molecule has 2 atom stereocenters. The normalized spacial score (nSPS) is 18.8. The predicted octanol–water partition coefficient (Wildman–Crippen LogP) is 4.95. The standard InChI is InChI=1S/C21H25NO2/c1-5-15-9-7-10-16(6-2)19(15)22-21(23)18-12-8-11-17-13(3)14(4)24-20(17)18/h7-14H,5-6H2,1-4H3,(H,22,23). The van der Waals surface area contributed by atoms with Gasteiger partial charge in [-0.1, -0.05) is 51.1 Å². The Bertz CT molecular complexity index is 744. The van der Waals surface area contributed by atoms with Crippen LogP contribution in [0.2, 0.25) is 0 Å². The van der Waals surface area contributed by atoms with E-state index in [1.54, 1.807) is 0 Å². The molecular weight excluding hydrogens is 298 g/mol. The number of fused-ring (bicyclic) bond motifs is 1. The Morgan fingerprint density at radius 1 is 1.04 bits per heavy atom. The van der Waals surface area contributed by atoms with Gasteiger partial charge in [0.2, 0.25) is 0 Å². The van der Waals surface area contributed by atoms with Crippen LogP contribution in [0.4, 0.5) is 5.69 Å². The molecule has 2 unspecified atom stereocenters. The lowest BCUT2D eigenvalue weighted by Gasteiger charge is -2.15. The van der Waals surface area contributed by atoms with Crippen LogP contribution in [0.3, 0.4) is 0 Å². The molecule has 3 nitrogen and oxygen atoms in total. The van der Waals surface area contributed by atoms with Crippen LogP contribution in [-0.2, 0) is 12.8 Å². The van der Waals surface area contributed by atoms with Crippen molar-refractivity contribution >= 4 is 11.6 Å². The molecule has 1 aliphatic rings. The maximum atomic E-state index is 12.9. The first-order valence-electron chi connectivity index (χ1n) is 8.78. The van der Waals surface area contributed by atoms with Crippen molar-refractivity contribution in [2.45, 2.75) is 52.6 Å². The van der Waals surface area contributed by atoms with E-state index in [0.29, 0.717) is 11.5 Å². The average Bonchev–Trinajstić information content (AvgIpc) is 2.89. The van der Waals surface area contributed by atoms with Crippen molar-refractivity contribution in [3.63, 3.8) is 0 Å². The zero-order valence-electron chi connectivity index (χ0n) is 14.8. The van der Waals surface area contributed by atoms with E-state index in [2.05, 4.69) is 50.4 Å². The molecule has 0 aromatic heterocycles. The fraction of sp³-hybridized carbons (Fsp3) is 0.381. The minimum atomic E-state index is -0.0937.